The Morgan fingerprint density at radius 3 is 2.83 bits per heavy atom. The highest BCUT2D eigenvalue weighted by Gasteiger charge is 2.30. The third-order valence-corrected chi connectivity index (χ3v) is 4.55. The summed E-state index contributed by atoms with van der Waals surface area (Å²) in [5.74, 6) is 1.75. The molecule has 0 spiro atoms. The Morgan fingerprint density at radius 1 is 1.42 bits per heavy atom. The predicted molar refractivity (Wildman–Crippen MR) is 93.5 cm³/mol. The van der Waals surface area contributed by atoms with Crippen LogP contribution in [0.4, 0.5) is 0 Å². The van der Waals surface area contributed by atoms with Gasteiger partial charge in [-0.15, -0.1) is 5.10 Å². The maximum Gasteiger partial charge on any atom is 0.230 e. The second-order valence-corrected chi connectivity index (χ2v) is 6.93. The van der Waals surface area contributed by atoms with E-state index in [9.17, 15) is 4.79 Å². The van der Waals surface area contributed by atoms with Crippen molar-refractivity contribution >= 4 is 17.7 Å². The molecule has 1 atom stereocenters. The molecule has 0 unspecified atom stereocenters. The zero-order valence-electron chi connectivity index (χ0n) is 13.9. The Labute approximate surface area is 146 Å². The van der Waals surface area contributed by atoms with E-state index in [1.54, 1.807) is 7.11 Å². The van der Waals surface area contributed by atoms with Crippen LogP contribution >= 0.6 is 11.8 Å². The molecule has 1 fully saturated rings. The first-order chi connectivity index (χ1) is 11.7. The van der Waals surface area contributed by atoms with Crippen molar-refractivity contribution in [2.75, 3.05) is 19.5 Å². The first-order valence-electron chi connectivity index (χ1n) is 8.11. The van der Waals surface area contributed by atoms with Crippen LogP contribution in [0.2, 0.25) is 0 Å². The highest BCUT2D eigenvalue weighted by molar-refractivity contribution is 7.99. The summed E-state index contributed by atoms with van der Waals surface area (Å²) in [6, 6.07) is 10.0. The number of hydrogen-bond donors (Lipinski definition) is 1. The summed E-state index contributed by atoms with van der Waals surface area (Å²) in [4.78, 5) is 16.6. The Kier molecular flexibility index (Phi) is 5.52. The lowest BCUT2D eigenvalue weighted by molar-refractivity contribution is -0.119. The Bertz CT molecular complexity index is 685. The molecular weight excluding hydrogens is 324 g/mol. The SMILES string of the molecule is COC[C@H](C)NC(=O)CSc1nc(C2CC2)n(-c2ccccc2)n1. The van der Waals surface area contributed by atoms with Crippen LogP contribution in [0.3, 0.4) is 0 Å². The molecule has 1 aromatic heterocycles. The van der Waals surface area contributed by atoms with Crippen molar-refractivity contribution in [1.29, 1.82) is 0 Å². The largest absolute Gasteiger partial charge is 0.383 e. The molecule has 7 heteroatoms. The molecule has 1 aromatic carbocycles. The Morgan fingerprint density at radius 2 is 2.17 bits per heavy atom. The van der Waals surface area contributed by atoms with Crippen molar-refractivity contribution in [2.24, 2.45) is 0 Å². The number of amides is 1. The predicted octanol–water partition coefficient (Wildman–Crippen LogP) is 2.39. The molecule has 1 N–H and O–H groups in total. The normalized spacial score (nSPS) is 15.2. The molecule has 0 saturated heterocycles. The number of para-hydroxylation sites is 1. The zero-order chi connectivity index (χ0) is 16.9. The van der Waals surface area contributed by atoms with Crippen LogP contribution in [0.1, 0.15) is 31.5 Å². The lowest BCUT2D eigenvalue weighted by Gasteiger charge is -2.11. The van der Waals surface area contributed by atoms with Crippen molar-refractivity contribution in [1.82, 2.24) is 20.1 Å². The molecule has 0 aliphatic heterocycles. The summed E-state index contributed by atoms with van der Waals surface area (Å²) in [6.07, 6.45) is 2.31. The third kappa shape index (κ3) is 4.36. The highest BCUT2D eigenvalue weighted by atomic mass is 32.2. The van der Waals surface area contributed by atoms with Crippen molar-refractivity contribution in [3.05, 3.63) is 36.2 Å². The van der Waals surface area contributed by atoms with Gasteiger partial charge >= 0.3 is 0 Å². The van der Waals surface area contributed by atoms with Crippen molar-refractivity contribution in [3.8, 4) is 5.69 Å². The third-order valence-electron chi connectivity index (χ3n) is 3.71. The van der Waals surface area contributed by atoms with Gasteiger partial charge in [-0.25, -0.2) is 9.67 Å². The summed E-state index contributed by atoms with van der Waals surface area (Å²) in [5, 5.41) is 8.13. The first-order valence-corrected chi connectivity index (χ1v) is 9.09. The van der Waals surface area contributed by atoms with Gasteiger partial charge in [-0.05, 0) is 31.9 Å². The van der Waals surface area contributed by atoms with Crippen LogP contribution in [0.15, 0.2) is 35.5 Å². The minimum atomic E-state index is -0.0337. The smallest absolute Gasteiger partial charge is 0.230 e. The number of nitrogens with one attached hydrogen (secondary N) is 1. The zero-order valence-corrected chi connectivity index (χ0v) is 14.8. The first kappa shape index (κ1) is 17.0. The van der Waals surface area contributed by atoms with E-state index < -0.39 is 0 Å². The summed E-state index contributed by atoms with van der Waals surface area (Å²) in [6.45, 7) is 2.42. The van der Waals surface area contributed by atoms with E-state index in [0.717, 1.165) is 24.4 Å². The van der Waals surface area contributed by atoms with Gasteiger partial charge in [0.25, 0.3) is 0 Å². The van der Waals surface area contributed by atoms with Gasteiger partial charge in [-0.2, -0.15) is 0 Å². The molecule has 0 bridgehead atoms. The molecule has 0 radical (unpaired) electrons. The fourth-order valence-electron chi connectivity index (χ4n) is 2.47. The van der Waals surface area contributed by atoms with Gasteiger partial charge in [-0.3, -0.25) is 4.79 Å². The van der Waals surface area contributed by atoms with E-state index >= 15 is 0 Å². The lowest BCUT2D eigenvalue weighted by atomic mass is 10.3. The molecule has 6 nitrogen and oxygen atoms in total. The highest BCUT2D eigenvalue weighted by Crippen LogP contribution is 2.40. The molecule has 24 heavy (non-hydrogen) atoms. The molecular formula is C17H22N4O2S. The molecule has 1 aliphatic rings. The maximum atomic E-state index is 12.0. The Balaban J connectivity index is 1.65. The number of aromatic nitrogens is 3. The number of carbonyl (C=O) groups is 1. The number of carbonyl (C=O) groups excluding carboxylic acids is 1. The molecule has 1 saturated carbocycles. The van der Waals surface area contributed by atoms with Crippen LogP contribution in [0, 0.1) is 0 Å². The summed E-state index contributed by atoms with van der Waals surface area (Å²) < 4.78 is 6.93. The number of rotatable bonds is 8. The molecule has 2 aromatic rings. The molecule has 3 rings (SSSR count). The average molecular weight is 346 g/mol. The van der Waals surface area contributed by atoms with Crippen molar-refractivity contribution < 1.29 is 9.53 Å². The minimum absolute atomic E-state index is 0.0000367. The monoisotopic (exact) mass is 346 g/mol. The van der Waals surface area contributed by atoms with E-state index in [-0.39, 0.29) is 11.9 Å². The number of thioether (sulfide) groups is 1. The van der Waals surface area contributed by atoms with Gasteiger partial charge in [0.15, 0.2) is 0 Å². The number of ether oxygens (including phenoxy) is 1. The fraction of sp³-hybridized carbons (Fsp3) is 0.471. The summed E-state index contributed by atoms with van der Waals surface area (Å²) >= 11 is 1.37. The topological polar surface area (TPSA) is 69.0 Å². The van der Waals surface area contributed by atoms with E-state index in [1.165, 1.54) is 11.8 Å². The molecule has 1 aliphatic carbocycles. The number of methoxy groups -OCH3 is 1. The molecule has 1 amide bonds. The lowest BCUT2D eigenvalue weighted by Crippen LogP contribution is -2.36. The van der Waals surface area contributed by atoms with Crippen LogP contribution in [-0.4, -0.2) is 46.2 Å². The molecule has 1 heterocycles. The van der Waals surface area contributed by atoms with Crippen molar-refractivity contribution in [3.63, 3.8) is 0 Å². The fourth-order valence-corrected chi connectivity index (χ4v) is 3.11. The summed E-state index contributed by atoms with van der Waals surface area (Å²) in [5.41, 5.74) is 1.01. The van der Waals surface area contributed by atoms with E-state index in [2.05, 4.69) is 15.4 Å². The standard InChI is InChI=1S/C17H22N4O2S/c1-12(10-23-2)18-15(22)11-24-17-19-16(13-8-9-13)21(20-17)14-6-4-3-5-7-14/h3-7,12-13H,8-11H2,1-2H3,(H,18,22)/t12-/m0/s1. The Hall–Kier alpha value is -1.86. The second kappa shape index (κ2) is 7.81. The van der Waals surface area contributed by atoms with Gasteiger partial charge in [0.2, 0.25) is 11.1 Å². The van der Waals surface area contributed by atoms with Gasteiger partial charge in [-0.1, -0.05) is 30.0 Å². The average Bonchev–Trinajstić information content (AvgIpc) is 3.33. The van der Waals surface area contributed by atoms with Gasteiger partial charge < -0.3 is 10.1 Å². The van der Waals surface area contributed by atoms with Crippen LogP contribution in [0.5, 0.6) is 0 Å². The van der Waals surface area contributed by atoms with Crippen molar-refractivity contribution in [2.45, 2.75) is 36.9 Å². The maximum absolute atomic E-state index is 12.0. The van der Waals surface area contributed by atoms with Crippen LogP contribution in [-0.2, 0) is 9.53 Å². The minimum Gasteiger partial charge on any atom is -0.383 e. The van der Waals surface area contributed by atoms with E-state index in [0.29, 0.717) is 23.4 Å². The van der Waals surface area contributed by atoms with Gasteiger partial charge in [0, 0.05) is 19.1 Å². The van der Waals surface area contributed by atoms with Gasteiger partial charge in [0.1, 0.15) is 5.82 Å². The second-order valence-electron chi connectivity index (χ2n) is 5.99. The van der Waals surface area contributed by atoms with E-state index in [4.69, 9.17) is 4.74 Å². The number of benzene rings is 1. The number of nitrogens with zero attached hydrogens (tertiary/aromatic N) is 3. The van der Waals surface area contributed by atoms with Crippen LogP contribution in [0.25, 0.3) is 5.69 Å². The van der Waals surface area contributed by atoms with Gasteiger partial charge in [0.05, 0.1) is 18.0 Å². The van der Waals surface area contributed by atoms with Crippen LogP contribution < -0.4 is 5.32 Å². The molecule has 128 valence electrons. The van der Waals surface area contributed by atoms with E-state index in [1.807, 2.05) is 41.9 Å². The summed E-state index contributed by atoms with van der Waals surface area (Å²) in [7, 11) is 1.62. The number of hydrogen-bond acceptors (Lipinski definition) is 5. The quantitative estimate of drug-likeness (QED) is 0.743.